The average Bonchev–Trinajstić information content (AvgIpc) is 2.67. The second-order valence-electron chi connectivity index (χ2n) is 6.03. The molecule has 0 saturated heterocycles. The Morgan fingerprint density at radius 1 is 0.760 bits per heavy atom. The van der Waals surface area contributed by atoms with Gasteiger partial charge in [-0.05, 0) is 54.0 Å². The molecule has 0 aliphatic heterocycles. The Morgan fingerprint density at radius 2 is 1.24 bits per heavy atom. The summed E-state index contributed by atoms with van der Waals surface area (Å²) in [4.78, 5) is 11.6. The lowest BCUT2D eigenvalue weighted by Crippen LogP contribution is -2.02. The van der Waals surface area contributed by atoms with Crippen LogP contribution in [0.2, 0.25) is 0 Å². The van der Waals surface area contributed by atoms with E-state index in [-0.39, 0.29) is 5.78 Å². The highest BCUT2D eigenvalue weighted by Crippen LogP contribution is 2.15. The van der Waals surface area contributed by atoms with E-state index in [9.17, 15) is 4.79 Å². The van der Waals surface area contributed by atoms with Gasteiger partial charge in [-0.25, -0.2) is 0 Å². The van der Waals surface area contributed by atoms with Crippen LogP contribution < -0.4 is 0 Å². The highest BCUT2D eigenvalue weighted by atomic mass is 35.5. The van der Waals surface area contributed by atoms with Gasteiger partial charge in [0, 0.05) is 17.9 Å². The maximum absolute atomic E-state index is 11.6. The molecule has 0 atom stereocenters. The van der Waals surface area contributed by atoms with Crippen LogP contribution in [0.5, 0.6) is 0 Å². The molecule has 0 heterocycles. The van der Waals surface area contributed by atoms with Gasteiger partial charge in [-0.3, -0.25) is 4.79 Å². The molecule has 0 aromatic heterocycles. The Labute approximate surface area is 158 Å². The van der Waals surface area contributed by atoms with Crippen molar-refractivity contribution in [2.75, 3.05) is 5.88 Å². The fourth-order valence-electron chi connectivity index (χ4n) is 2.95. The molecule has 25 heavy (non-hydrogen) atoms. The first kappa shape index (κ1) is 21.4. The zero-order valence-corrected chi connectivity index (χ0v) is 16.8. The predicted molar refractivity (Wildman–Crippen MR) is 110 cm³/mol. The van der Waals surface area contributed by atoms with Crippen molar-refractivity contribution in [2.45, 2.75) is 59.8 Å². The predicted octanol–water partition coefficient (Wildman–Crippen LogP) is 6.43. The summed E-state index contributed by atoms with van der Waals surface area (Å²) >= 11 is 5.56. The summed E-state index contributed by atoms with van der Waals surface area (Å²) in [6.45, 7) is 8.65. The highest BCUT2D eigenvalue weighted by Gasteiger charge is 2.07. The van der Waals surface area contributed by atoms with Crippen molar-refractivity contribution in [3.05, 3.63) is 70.3 Å². The van der Waals surface area contributed by atoms with Crippen molar-refractivity contribution in [2.24, 2.45) is 0 Å². The van der Waals surface area contributed by atoms with Gasteiger partial charge < -0.3 is 0 Å². The van der Waals surface area contributed by atoms with Crippen molar-refractivity contribution >= 4 is 17.4 Å². The third kappa shape index (κ3) is 6.66. The van der Waals surface area contributed by atoms with E-state index in [1.807, 2.05) is 12.1 Å². The van der Waals surface area contributed by atoms with Crippen molar-refractivity contribution < 1.29 is 4.79 Å². The molecule has 0 spiro atoms. The second kappa shape index (κ2) is 11.9. The van der Waals surface area contributed by atoms with E-state index < -0.39 is 0 Å². The SMILES string of the molecule is CCc1ccc(C(=O)CCCl)cc1CC.CCc1ccccc1CC. The standard InChI is InChI=1S/C13H17ClO.C10H14/c1-3-10-5-6-12(9-11(10)4-2)13(15)7-8-14;1-3-9-7-5-6-8-10(9)4-2/h5-6,9H,3-4,7-8H2,1-2H3;5-8H,3-4H2,1-2H3. The van der Waals surface area contributed by atoms with Crippen LogP contribution in [-0.4, -0.2) is 11.7 Å². The zero-order chi connectivity index (χ0) is 18.7. The van der Waals surface area contributed by atoms with Gasteiger partial charge in [-0.2, -0.15) is 0 Å². The maximum Gasteiger partial charge on any atom is 0.164 e. The summed E-state index contributed by atoms with van der Waals surface area (Å²) in [7, 11) is 0. The number of rotatable bonds is 7. The van der Waals surface area contributed by atoms with E-state index in [4.69, 9.17) is 11.6 Å². The van der Waals surface area contributed by atoms with E-state index >= 15 is 0 Å². The fourth-order valence-corrected chi connectivity index (χ4v) is 3.12. The Balaban J connectivity index is 0.000000271. The van der Waals surface area contributed by atoms with Crippen LogP contribution in [0.4, 0.5) is 0 Å². The summed E-state index contributed by atoms with van der Waals surface area (Å²) in [6.07, 6.45) is 4.74. The second-order valence-corrected chi connectivity index (χ2v) is 6.41. The molecule has 136 valence electrons. The smallest absolute Gasteiger partial charge is 0.164 e. The first-order chi connectivity index (χ1) is 12.1. The molecule has 0 aliphatic rings. The molecular formula is C23H31ClO. The third-order valence-electron chi connectivity index (χ3n) is 4.49. The van der Waals surface area contributed by atoms with Crippen molar-refractivity contribution in [3.8, 4) is 0 Å². The summed E-state index contributed by atoms with van der Waals surface area (Å²) in [5.41, 5.74) is 6.39. The molecule has 2 rings (SSSR count). The third-order valence-corrected chi connectivity index (χ3v) is 4.68. The van der Waals surface area contributed by atoms with E-state index in [1.54, 1.807) is 0 Å². The molecule has 0 aliphatic carbocycles. The van der Waals surface area contributed by atoms with Gasteiger partial charge in [0.25, 0.3) is 0 Å². The molecule has 0 saturated carbocycles. The van der Waals surface area contributed by atoms with Gasteiger partial charge in [-0.15, -0.1) is 11.6 Å². The van der Waals surface area contributed by atoms with Crippen LogP contribution >= 0.6 is 11.6 Å². The summed E-state index contributed by atoms with van der Waals surface area (Å²) in [5.74, 6) is 0.540. The summed E-state index contributed by atoms with van der Waals surface area (Å²) < 4.78 is 0. The van der Waals surface area contributed by atoms with Gasteiger partial charge in [0.05, 0.1) is 0 Å². The number of halogens is 1. The minimum absolute atomic E-state index is 0.141. The molecule has 2 aromatic rings. The Kier molecular flexibility index (Phi) is 10.2. The topological polar surface area (TPSA) is 17.1 Å². The van der Waals surface area contributed by atoms with E-state index in [2.05, 4.69) is 58.0 Å². The van der Waals surface area contributed by atoms with Gasteiger partial charge in [0.15, 0.2) is 5.78 Å². The number of Topliss-reactive ketones (excluding diaryl/α,β-unsaturated/α-hetero) is 1. The van der Waals surface area contributed by atoms with Crippen LogP contribution in [0.25, 0.3) is 0 Å². The number of hydrogen-bond acceptors (Lipinski definition) is 1. The molecule has 0 N–H and O–H groups in total. The average molecular weight is 359 g/mol. The monoisotopic (exact) mass is 358 g/mol. The first-order valence-electron chi connectivity index (χ1n) is 9.38. The van der Waals surface area contributed by atoms with E-state index in [0.717, 1.165) is 31.2 Å². The fraction of sp³-hybridized carbons (Fsp3) is 0.435. The van der Waals surface area contributed by atoms with Gasteiger partial charge in [-0.1, -0.05) is 64.1 Å². The molecule has 0 bridgehead atoms. The van der Waals surface area contributed by atoms with Gasteiger partial charge >= 0.3 is 0 Å². The number of benzene rings is 2. The van der Waals surface area contributed by atoms with Gasteiger partial charge in [0.2, 0.25) is 0 Å². The van der Waals surface area contributed by atoms with Crippen molar-refractivity contribution in [3.63, 3.8) is 0 Å². The molecule has 2 heteroatoms. The molecule has 0 fully saturated rings. The first-order valence-corrected chi connectivity index (χ1v) is 9.92. The number of aryl methyl sites for hydroxylation is 4. The van der Waals surface area contributed by atoms with Crippen LogP contribution in [0.15, 0.2) is 42.5 Å². The highest BCUT2D eigenvalue weighted by molar-refractivity contribution is 6.19. The molecular weight excluding hydrogens is 328 g/mol. The number of carbonyl (C=O) groups excluding carboxylic acids is 1. The van der Waals surface area contributed by atoms with Crippen LogP contribution in [-0.2, 0) is 25.7 Å². The number of ketones is 1. The number of alkyl halides is 1. The largest absolute Gasteiger partial charge is 0.294 e. The Bertz CT molecular complexity index is 638. The van der Waals surface area contributed by atoms with Crippen molar-refractivity contribution in [1.82, 2.24) is 0 Å². The Hall–Kier alpha value is -1.60. The quantitative estimate of drug-likeness (QED) is 0.411. The minimum Gasteiger partial charge on any atom is -0.294 e. The normalized spacial score (nSPS) is 10.1. The molecule has 0 unspecified atom stereocenters. The summed E-state index contributed by atoms with van der Waals surface area (Å²) in [5, 5.41) is 0. The van der Waals surface area contributed by atoms with Gasteiger partial charge in [0.1, 0.15) is 0 Å². The zero-order valence-electron chi connectivity index (χ0n) is 16.1. The number of carbonyl (C=O) groups is 1. The Morgan fingerprint density at radius 3 is 1.68 bits per heavy atom. The summed E-state index contributed by atoms with van der Waals surface area (Å²) in [6, 6.07) is 14.6. The van der Waals surface area contributed by atoms with Crippen LogP contribution in [0, 0.1) is 0 Å². The van der Waals surface area contributed by atoms with Crippen LogP contribution in [0.1, 0.15) is 66.7 Å². The maximum atomic E-state index is 11.6. The van der Waals surface area contributed by atoms with Crippen molar-refractivity contribution in [1.29, 1.82) is 0 Å². The van der Waals surface area contributed by atoms with E-state index in [1.165, 1.54) is 22.3 Å². The minimum atomic E-state index is 0.141. The molecule has 2 aromatic carbocycles. The van der Waals surface area contributed by atoms with E-state index in [0.29, 0.717) is 12.3 Å². The lowest BCUT2D eigenvalue weighted by Gasteiger charge is -2.07. The van der Waals surface area contributed by atoms with Crippen LogP contribution in [0.3, 0.4) is 0 Å². The lowest BCUT2D eigenvalue weighted by atomic mass is 9.98. The number of hydrogen-bond donors (Lipinski definition) is 0. The molecule has 0 amide bonds. The molecule has 1 nitrogen and oxygen atoms in total. The lowest BCUT2D eigenvalue weighted by molar-refractivity contribution is 0.0989. The molecule has 0 radical (unpaired) electrons.